The summed E-state index contributed by atoms with van der Waals surface area (Å²) >= 11 is 0. The maximum atomic E-state index is 13.4. The van der Waals surface area contributed by atoms with Gasteiger partial charge < -0.3 is 25.8 Å². The first-order chi connectivity index (χ1) is 18.2. The second kappa shape index (κ2) is 15.9. The van der Waals surface area contributed by atoms with Gasteiger partial charge in [0.1, 0.15) is 11.9 Å². The van der Waals surface area contributed by atoms with Gasteiger partial charge in [-0.3, -0.25) is 9.59 Å². The highest BCUT2D eigenvalue weighted by Crippen LogP contribution is 2.17. The van der Waals surface area contributed by atoms with E-state index in [-0.39, 0.29) is 11.8 Å². The van der Waals surface area contributed by atoms with Crippen molar-refractivity contribution in [3.8, 4) is 11.8 Å². The number of halogens is 1. The van der Waals surface area contributed by atoms with Gasteiger partial charge in [0.15, 0.2) is 0 Å². The Balaban J connectivity index is 1.87. The van der Waals surface area contributed by atoms with Crippen LogP contribution >= 0.6 is 0 Å². The molecule has 0 unspecified atom stereocenters. The van der Waals surface area contributed by atoms with E-state index in [0.29, 0.717) is 55.5 Å². The number of pyridine rings is 1. The molecule has 0 aliphatic rings. The topological polar surface area (TPSA) is 115 Å². The number of hydrogen-bond acceptors (Lipinski definition) is 8. The molecule has 2 aromatic heterocycles. The highest BCUT2D eigenvalue weighted by Gasteiger charge is 2.20. The smallest absolute Gasteiger partial charge is 0.246 e. The third-order valence-corrected chi connectivity index (χ3v) is 5.35. The minimum atomic E-state index is -0.597. The number of nitrogens with zero attached hydrogens (tertiary/aromatic N) is 5. The maximum Gasteiger partial charge on any atom is 0.246 e. The van der Waals surface area contributed by atoms with Crippen molar-refractivity contribution in [2.24, 2.45) is 0 Å². The molecule has 2 heterocycles. The molecule has 0 fully saturated rings. The molecule has 0 bridgehead atoms. The van der Waals surface area contributed by atoms with Crippen LogP contribution in [0.4, 0.5) is 21.8 Å². The number of carbonyl (C=O) groups excluding carboxylic acids is 2. The second-order valence-corrected chi connectivity index (χ2v) is 8.86. The van der Waals surface area contributed by atoms with E-state index in [4.69, 9.17) is 0 Å². The lowest BCUT2D eigenvalue weighted by atomic mass is 10.2. The molecule has 2 amide bonds. The SMILES string of the molecule is CCCNc1nc(Nc2ccnc(F)c2)ncc1C#CCCCNC(=O)[C@H](C)N(C)C(=O)/C=C/CN(C)C. The molecule has 204 valence electrons. The number of unbranched alkanes of at least 4 members (excludes halogenated alkanes) is 1. The van der Waals surface area contributed by atoms with Crippen LogP contribution in [0.25, 0.3) is 0 Å². The summed E-state index contributed by atoms with van der Waals surface area (Å²) in [5, 5.41) is 9.06. The van der Waals surface area contributed by atoms with Gasteiger partial charge in [-0.25, -0.2) is 9.97 Å². The lowest BCUT2D eigenvalue weighted by Gasteiger charge is -2.23. The molecule has 38 heavy (non-hydrogen) atoms. The number of rotatable bonds is 13. The Kier molecular flexibility index (Phi) is 12.7. The van der Waals surface area contributed by atoms with Crippen LogP contribution in [0, 0.1) is 17.8 Å². The zero-order valence-corrected chi connectivity index (χ0v) is 22.7. The van der Waals surface area contributed by atoms with E-state index in [1.807, 2.05) is 25.9 Å². The summed E-state index contributed by atoms with van der Waals surface area (Å²) in [6.45, 7) is 5.54. The van der Waals surface area contributed by atoms with Gasteiger partial charge in [-0.05, 0) is 39.9 Å². The molecule has 3 N–H and O–H groups in total. The number of carbonyl (C=O) groups is 2. The second-order valence-electron chi connectivity index (χ2n) is 8.86. The summed E-state index contributed by atoms with van der Waals surface area (Å²) < 4.78 is 13.4. The van der Waals surface area contributed by atoms with Gasteiger partial charge in [0, 0.05) is 57.1 Å². The van der Waals surface area contributed by atoms with E-state index >= 15 is 0 Å². The van der Waals surface area contributed by atoms with E-state index in [2.05, 4.69) is 42.7 Å². The van der Waals surface area contributed by atoms with Crippen LogP contribution in [0.15, 0.2) is 36.7 Å². The summed E-state index contributed by atoms with van der Waals surface area (Å²) in [4.78, 5) is 40.3. The molecular formula is C27H37FN8O2. The van der Waals surface area contributed by atoms with Crippen LogP contribution in [0.1, 0.15) is 38.7 Å². The number of anilines is 3. The summed E-state index contributed by atoms with van der Waals surface area (Å²) in [5.41, 5.74) is 1.13. The van der Waals surface area contributed by atoms with Gasteiger partial charge in [0.05, 0.1) is 11.8 Å². The first kappa shape index (κ1) is 30.2. The standard InChI is InChI=1S/C27H37FN8O2/c1-6-14-30-25-21(19-32-27(34-25)33-22-13-16-29-23(28)18-22)11-8-7-9-15-31-26(38)20(2)36(5)24(37)12-10-17-35(3)4/h10,12-13,16,18-20H,6-7,9,14-15,17H2,1-5H3,(H,31,38)(H2,29,30,32,33,34)/b12-10+/t20-/m0/s1. The Bertz CT molecular complexity index is 1160. The molecule has 2 rings (SSSR count). The predicted octanol–water partition coefficient (Wildman–Crippen LogP) is 2.79. The number of likely N-dealkylation sites (N-methyl/N-ethyl adjacent to an activating group) is 2. The average molecular weight is 525 g/mol. The molecule has 0 radical (unpaired) electrons. The molecule has 1 atom stereocenters. The predicted molar refractivity (Wildman–Crippen MR) is 147 cm³/mol. The van der Waals surface area contributed by atoms with Gasteiger partial charge in [-0.15, -0.1) is 0 Å². The first-order valence-corrected chi connectivity index (χ1v) is 12.5. The lowest BCUT2D eigenvalue weighted by Crippen LogP contribution is -2.45. The van der Waals surface area contributed by atoms with Crippen molar-refractivity contribution in [2.45, 2.75) is 39.2 Å². The van der Waals surface area contributed by atoms with Crippen LogP contribution in [-0.4, -0.2) is 83.4 Å². The van der Waals surface area contributed by atoms with Gasteiger partial charge >= 0.3 is 0 Å². The molecule has 0 saturated heterocycles. The lowest BCUT2D eigenvalue weighted by molar-refractivity contribution is -0.135. The molecule has 0 saturated carbocycles. The van der Waals surface area contributed by atoms with Crippen molar-refractivity contribution >= 4 is 29.3 Å². The highest BCUT2D eigenvalue weighted by molar-refractivity contribution is 5.92. The fraction of sp³-hybridized carbons (Fsp3) is 0.444. The van der Waals surface area contributed by atoms with Crippen molar-refractivity contribution in [3.63, 3.8) is 0 Å². The Morgan fingerprint density at radius 2 is 2.00 bits per heavy atom. The summed E-state index contributed by atoms with van der Waals surface area (Å²) in [6, 6.07) is 2.30. The number of nitrogens with one attached hydrogen (secondary N) is 3. The van der Waals surface area contributed by atoms with Crippen LogP contribution in [-0.2, 0) is 9.59 Å². The van der Waals surface area contributed by atoms with Crippen molar-refractivity contribution in [1.82, 2.24) is 30.1 Å². The van der Waals surface area contributed by atoms with E-state index in [0.717, 1.165) is 6.42 Å². The molecule has 0 spiro atoms. The zero-order valence-electron chi connectivity index (χ0n) is 22.7. The Morgan fingerprint density at radius 1 is 1.21 bits per heavy atom. The molecule has 11 heteroatoms. The Labute approximate surface area is 224 Å². The molecule has 2 aromatic rings. The molecule has 10 nitrogen and oxygen atoms in total. The van der Waals surface area contributed by atoms with E-state index in [1.165, 1.54) is 23.2 Å². The minimum Gasteiger partial charge on any atom is -0.369 e. The third-order valence-electron chi connectivity index (χ3n) is 5.35. The van der Waals surface area contributed by atoms with Crippen molar-refractivity contribution < 1.29 is 14.0 Å². The largest absolute Gasteiger partial charge is 0.369 e. The van der Waals surface area contributed by atoms with Crippen molar-refractivity contribution in [1.29, 1.82) is 0 Å². The first-order valence-electron chi connectivity index (χ1n) is 12.5. The maximum absolute atomic E-state index is 13.4. The average Bonchev–Trinajstić information content (AvgIpc) is 2.88. The van der Waals surface area contributed by atoms with Crippen LogP contribution in [0.2, 0.25) is 0 Å². The fourth-order valence-corrected chi connectivity index (χ4v) is 3.06. The Hall–Kier alpha value is -4.04. The number of amides is 2. The van der Waals surface area contributed by atoms with Gasteiger partial charge in [0.2, 0.25) is 23.7 Å². The Morgan fingerprint density at radius 3 is 2.71 bits per heavy atom. The third kappa shape index (κ3) is 10.5. The van der Waals surface area contributed by atoms with E-state index in [9.17, 15) is 14.0 Å². The van der Waals surface area contributed by atoms with Crippen LogP contribution < -0.4 is 16.0 Å². The molecule has 0 aliphatic carbocycles. The number of hydrogen-bond donors (Lipinski definition) is 3. The van der Waals surface area contributed by atoms with Gasteiger partial charge in [-0.2, -0.15) is 9.37 Å². The highest BCUT2D eigenvalue weighted by atomic mass is 19.1. The monoisotopic (exact) mass is 524 g/mol. The number of aromatic nitrogens is 3. The van der Waals surface area contributed by atoms with Crippen LogP contribution in [0.3, 0.4) is 0 Å². The van der Waals surface area contributed by atoms with Gasteiger partial charge in [-0.1, -0.05) is 24.8 Å². The molecular weight excluding hydrogens is 487 g/mol. The molecule has 0 aromatic carbocycles. The quantitative estimate of drug-likeness (QED) is 0.159. The summed E-state index contributed by atoms with van der Waals surface area (Å²) in [7, 11) is 5.44. The summed E-state index contributed by atoms with van der Waals surface area (Å²) in [5.74, 6) is 6.04. The normalized spacial score (nSPS) is 11.6. The van der Waals surface area contributed by atoms with E-state index in [1.54, 1.807) is 32.3 Å². The van der Waals surface area contributed by atoms with Crippen molar-refractivity contribution in [3.05, 3.63) is 48.2 Å². The molecule has 0 aliphatic heterocycles. The van der Waals surface area contributed by atoms with Crippen molar-refractivity contribution in [2.75, 3.05) is 51.4 Å². The fourth-order valence-electron chi connectivity index (χ4n) is 3.06. The summed E-state index contributed by atoms with van der Waals surface area (Å²) in [6.07, 6.45) is 8.33. The minimum absolute atomic E-state index is 0.216. The van der Waals surface area contributed by atoms with Crippen LogP contribution in [0.5, 0.6) is 0 Å². The zero-order chi connectivity index (χ0) is 27.9. The van der Waals surface area contributed by atoms with E-state index < -0.39 is 12.0 Å². The van der Waals surface area contributed by atoms with Gasteiger partial charge in [0.25, 0.3) is 0 Å².